The SMILES string of the molecule is C[C@@H]1NC(=S)N(Cc2ccc(-c3ccc4c(c3)CCO4)cc2)C1=O. The van der Waals surface area contributed by atoms with Crippen LogP contribution in [0.15, 0.2) is 42.5 Å². The van der Waals surface area contributed by atoms with Crippen molar-refractivity contribution in [2.45, 2.75) is 25.9 Å². The number of hydrogen-bond donors (Lipinski definition) is 1. The van der Waals surface area contributed by atoms with Crippen molar-refractivity contribution in [3.63, 3.8) is 0 Å². The van der Waals surface area contributed by atoms with Crippen molar-refractivity contribution in [3.8, 4) is 16.9 Å². The second-order valence-corrected chi connectivity index (χ2v) is 6.60. The number of hydrogen-bond acceptors (Lipinski definition) is 3. The van der Waals surface area contributed by atoms with Crippen molar-refractivity contribution in [2.75, 3.05) is 6.61 Å². The van der Waals surface area contributed by atoms with Gasteiger partial charge < -0.3 is 10.1 Å². The van der Waals surface area contributed by atoms with Gasteiger partial charge in [-0.05, 0) is 53.5 Å². The highest BCUT2D eigenvalue weighted by Crippen LogP contribution is 2.30. The first-order valence-corrected chi connectivity index (χ1v) is 8.49. The van der Waals surface area contributed by atoms with Crippen LogP contribution in [-0.4, -0.2) is 28.6 Å². The van der Waals surface area contributed by atoms with E-state index in [1.54, 1.807) is 4.90 Å². The summed E-state index contributed by atoms with van der Waals surface area (Å²) in [6.45, 7) is 3.11. The molecule has 24 heavy (non-hydrogen) atoms. The molecule has 0 aliphatic carbocycles. The molecule has 0 radical (unpaired) electrons. The Morgan fingerprint density at radius 1 is 1.21 bits per heavy atom. The molecule has 0 saturated carbocycles. The number of carbonyl (C=O) groups excluding carboxylic acids is 1. The van der Waals surface area contributed by atoms with E-state index in [0.29, 0.717) is 11.7 Å². The Morgan fingerprint density at radius 3 is 2.67 bits per heavy atom. The summed E-state index contributed by atoms with van der Waals surface area (Å²) in [5.41, 5.74) is 4.68. The standard InChI is InChI=1S/C19H18N2O2S/c1-12-18(22)21(19(24)20-12)11-13-2-4-14(5-3-13)15-6-7-17-16(10-15)8-9-23-17/h2-7,10,12H,8-9,11H2,1H3,(H,20,24)/t12-/m0/s1. The molecule has 5 heteroatoms. The molecule has 1 amide bonds. The minimum atomic E-state index is -0.231. The fourth-order valence-corrected chi connectivity index (χ4v) is 3.49. The summed E-state index contributed by atoms with van der Waals surface area (Å²) in [6, 6.07) is 14.4. The lowest BCUT2D eigenvalue weighted by Crippen LogP contribution is -2.30. The lowest BCUT2D eigenvalue weighted by Gasteiger charge is -2.15. The molecule has 2 aromatic carbocycles. The van der Waals surface area contributed by atoms with Crippen molar-refractivity contribution >= 4 is 23.2 Å². The van der Waals surface area contributed by atoms with Gasteiger partial charge in [-0.1, -0.05) is 30.3 Å². The highest BCUT2D eigenvalue weighted by molar-refractivity contribution is 7.80. The van der Waals surface area contributed by atoms with Crippen LogP contribution in [0.2, 0.25) is 0 Å². The summed E-state index contributed by atoms with van der Waals surface area (Å²) in [5, 5.41) is 3.50. The van der Waals surface area contributed by atoms with Gasteiger partial charge in [-0.2, -0.15) is 0 Å². The number of fused-ring (bicyclic) bond motifs is 1. The van der Waals surface area contributed by atoms with Crippen LogP contribution in [0.5, 0.6) is 5.75 Å². The molecule has 0 spiro atoms. The summed E-state index contributed by atoms with van der Waals surface area (Å²) in [7, 11) is 0. The predicted molar refractivity (Wildman–Crippen MR) is 96.8 cm³/mol. The molecule has 2 aliphatic rings. The molecule has 4 rings (SSSR count). The zero-order valence-electron chi connectivity index (χ0n) is 13.4. The zero-order chi connectivity index (χ0) is 16.7. The Balaban J connectivity index is 1.53. The number of carbonyl (C=O) groups is 1. The van der Waals surface area contributed by atoms with Gasteiger partial charge in [-0.15, -0.1) is 0 Å². The second kappa shape index (κ2) is 5.91. The minimum Gasteiger partial charge on any atom is -0.493 e. The molecule has 2 heterocycles. The first-order chi connectivity index (χ1) is 11.6. The van der Waals surface area contributed by atoms with Gasteiger partial charge in [0.05, 0.1) is 13.2 Å². The molecule has 0 bridgehead atoms. The molecule has 2 aromatic rings. The highest BCUT2D eigenvalue weighted by Gasteiger charge is 2.31. The van der Waals surface area contributed by atoms with E-state index in [1.807, 2.05) is 13.0 Å². The lowest BCUT2D eigenvalue weighted by molar-refractivity contribution is -0.127. The molecule has 0 unspecified atom stereocenters. The number of amides is 1. The highest BCUT2D eigenvalue weighted by atomic mass is 32.1. The molecule has 1 fully saturated rings. The van der Waals surface area contributed by atoms with E-state index in [1.165, 1.54) is 11.1 Å². The quantitative estimate of drug-likeness (QED) is 0.874. The van der Waals surface area contributed by atoms with Crippen LogP contribution in [0.3, 0.4) is 0 Å². The van der Waals surface area contributed by atoms with Gasteiger partial charge in [0, 0.05) is 6.42 Å². The topological polar surface area (TPSA) is 41.6 Å². The van der Waals surface area contributed by atoms with E-state index in [4.69, 9.17) is 17.0 Å². The third-order valence-electron chi connectivity index (χ3n) is 4.54. The van der Waals surface area contributed by atoms with E-state index in [0.717, 1.165) is 29.9 Å². The summed E-state index contributed by atoms with van der Waals surface area (Å²) < 4.78 is 5.56. The van der Waals surface area contributed by atoms with Crippen molar-refractivity contribution in [1.29, 1.82) is 0 Å². The Morgan fingerprint density at radius 2 is 1.96 bits per heavy atom. The molecule has 2 aliphatic heterocycles. The van der Waals surface area contributed by atoms with E-state index < -0.39 is 0 Å². The van der Waals surface area contributed by atoms with Crippen LogP contribution >= 0.6 is 12.2 Å². The number of nitrogens with one attached hydrogen (secondary N) is 1. The van der Waals surface area contributed by atoms with Gasteiger partial charge in [-0.3, -0.25) is 9.69 Å². The first kappa shape index (κ1) is 15.1. The average Bonchev–Trinajstić information content (AvgIpc) is 3.15. The molecule has 0 aromatic heterocycles. The van der Waals surface area contributed by atoms with E-state index in [-0.39, 0.29) is 11.9 Å². The second-order valence-electron chi connectivity index (χ2n) is 6.21. The maximum absolute atomic E-state index is 12.1. The Labute approximate surface area is 146 Å². The maximum Gasteiger partial charge on any atom is 0.251 e. The van der Waals surface area contributed by atoms with Gasteiger partial charge in [0.25, 0.3) is 5.91 Å². The van der Waals surface area contributed by atoms with Crippen LogP contribution in [0.1, 0.15) is 18.1 Å². The average molecular weight is 338 g/mol. The van der Waals surface area contributed by atoms with Crippen molar-refractivity contribution in [1.82, 2.24) is 10.2 Å². The monoisotopic (exact) mass is 338 g/mol. The molecular formula is C19H18N2O2S. The van der Waals surface area contributed by atoms with Crippen LogP contribution in [0.4, 0.5) is 0 Å². The number of thiocarbonyl (C=S) groups is 1. The van der Waals surface area contributed by atoms with Crippen LogP contribution < -0.4 is 10.1 Å². The van der Waals surface area contributed by atoms with Crippen molar-refractivity contribution in [2.24, 2.45) is 0 Å². The number of ether oxygens (including phenoxy) is 1. The molecule has 122 valence electrons. The molecule has 4 nitrogen and oxygen atoms in total. The fraction of sp³-hybridized carbons (Fsp3) is 0.263. The number of nitrogens with zero attached hydrogens (tertiary/aromatic N) is 1. The van der Waals surface area contributed by atoms with Crippen LogP contribution in [0.25, 0.3) is 11.1 Å². The molecule has 1 N–H and O–H groups in total. The largest absolute Gasteiger partial charge is 0.493 e. The third kappa shape index (κ3) is 2.65. The van der Waals surface area contributed by atoms with Crippen molar-refractivity contribution < 1.29 is 9.53 Å². The third-order valence-corrected chi connectivity index (χ3v) is 4.88. The zero-order valence-corrected chi connectivity index (χ0v) is 14.2. The first-order valence-electron chi connectivity index (χ1n) is 8.09. The maximum atomic E-state index is 12.1. The van der Waals surface area contributed by atoms with Crippen molar-refractivity contribution in [3.05, 3.63) is 53.6 Å². The smallest absolute Gasteiger partial charge is 0.251 e. The molecular weight excluding hydrogens is 320 g/mol. The summed E-state index contributed by atoms with van der Waals surface area (Å²) in [6.07, 6.45) is 0.973. The normalized spacial score (nSPS) is 19.2. The summed E-state index contributed by atoms with van der Waals surface area (Å²) in [5.74, 6) is 1.03. The Bertz CT molecular complexity index is 817. The fourth-order valence-electron chi connectivity index (χ4n) is 3.16. The van der Waals surface area contributed by atoms with E-state index in [9.17, 15) is 4.79 Å². The van der Waals surface area contributed by atoms with Crippen LogP contribution in [0, 0.1) is 0 Å². The number of rotatable bonds is 3. The number of benzene rings is 2. The van der Waals surface area contributed by atoms with Gasteiger partial charge in [0.2, 0.25) is 0 Å². The van der Waals surface area contributed by atoms with Gasteiger partial charge >= 0.3 is 0 Å². The lowest BCUT2D eigenvalue weighted by atomic mass is 10.0. The summed E-state index contributed by atoms with van der Waals surface area (Å²) >= 11 is 5.22. The van der Waals surface area contributed by atoms with Crippen LogP contribution in [-0.2, 0) is 17.8 Å². The Hall–Kier alpha value is -2.40. The van der Waals surface area contributed by atoms with Gasteiger partial charge in [-0.25, -0.2) is 0 Å². The van der Waals surface area contributed by atoms with E-state index in [2.05, 4.69) is 41.7 Å². The van der Waals surface area contributed by atoms with Gasteiger partial charge in [0.15, 0.2) is 5.11 Å². The van der Waals surface area contributed by atoms with E-state index >= 15 is 0 Å². The molecule has 1 saturated heterocycles. The molecule has 1 atom stereocenters. The Kier molecular flexibility index (Phi) is 3.73. The predicted octanol–water partition coefficient (Wildman–Crippen LogP) is 2.89. The van der Waals surface area contributed by atoms with Gasteiger partial charge in [0.1, 0.15) is 11.8 Å². The summed E-state index contributed by atoms with van der Waals surface area (Å²) in [4.78, 5) is 13.7. The minimum absolute atomic E-state index is 0.0303.